The first-order chi connectivity index (χ1) is 12.0. The average molecular weight is 340 g/mol. The monoisotopic (exact) mass is 340 g/mol. The molecule has 2 aromatic rings. The second-order valence-corrected chi connectivity index (χ2v) is 5.74. The highest BCUT2D eigenvalue weighted by Crippen LogP contribution is 2.27. The zero-order valence-corrected chi connectivity index (χ0v) is 14.6. The zero-order valence-electron chi connectivity index (χ0n) is 14.6. The van der Waals surface area contributed by atoms with Crippen LogP contribution >= 0.6 is 0 Å². The number of anilines is 1. The summed E-state index contributed by atoms with van der Waals surface area (Å²) in [7, 11) is 5.14. The SMILES string of the molecule is COc1ccc(C[NH+](C)CC(=O)Nc2cccc(C#N)c2)cc1OC. The third-order valence-corrected chi connectivity index (χ3v) is 3.69. The molecule has 0 spiro atoms. The van der Waals surface area contributed by atoms with Crippen LogP contribution in [0.15, 0.2) is 42.5 Å². The number of quaternary nitrogens is 1. The molecule has 2 rings (SSSR count). The maximum Gasteiger partial charge on any atom is 0.279 e. The number of hydrogen-bond acceptors (Lipinski definition) is 4. The van der Waals surface area contributed by atoms with Gasteiger partial charge in [-0.25, -0.2) is 0 Å². The molecule has 6 nitrogen and oxygen atoms in total. The van der Waals surface area contributed by atoms with Gasteiger partial charge in [0.25, 0.3) is 5.91 Å². The summed E-state index contributed by atoms with van der Waals surface area (Å²) >= 11 is 0. The van der Waals surface area contributed by atoms with Gasteiger partial charge in [-0.1, -0.05) is 6.07 Å². The van der Waals surface area contributed by atoms with Gasteiger partial charge >= 0.3 is 0 Å². The van der Waals surface area contributed by atoms with Crippen molar-refractivity contribution in [3.63, 3.8) is 0 Å². The predicted molar refractivity (Wildman–Crippen MR) is 94.8 cm³/mol. The van der Waals surface area contributed by atoms with E-state index in [-0.39, 0.29) is 5.91 Å². The van der Waals surface area contributed by atoms with Gasteiger partial charge in [0.1, 0.15) is 6.54 Å². The summed E-state index contributed by atoms with van der Waals surface area (Å²) in [6.45, 7) is 0.983. The first-order valence-electron chi connectivity index (χ1n) is 7.88. The number of carbonyl (C=O) groups excluding carboxylic acids is 1. The highest BCUT2D eigenvalue weighted by atomic mass is 16.5. The van der Waals surface area contributed by atoms with Crippen molar-refractivity contribution in [1.29, 1.82) is 5.26 Å². The number of benzene rings is 2. The smallest absolute Gasteiger partial charge is 0.279 e. The maximum atomic E-state index is 12.2. The number of likely N-dealkylation sites (N-methyl/N-ethyl adjacent to an activating group) is 1. The van der Waals surface area contributed by atoms with Crippen molar-refractivity contribution in [3.05, 3.63) is 53.6 Å². The molecule has 0 fully saturated rings. The molecule has 130 valence electrons. The molecule has 0 radical (unpaired) electrons. The Kier molecular flexibility index (Phi) is 6.38. The van der Waals surface area contributed by atoms with Gasteiger partial charge in [0.2, 0.25) is 0 Å². The van der Waals surface area contributed by atoms with Crippen molar-refractivity contribution in [3.8, 4) is 17.6 Å². The lowest BCUT2D eigenvalue weighted by molar-refractivity contribution is -0.885. The molecule has 1 amide bonds. The Balaban J connectivity index is 1.94. The minimum atomic E-state index is -0.104. The Bertz CT molecular complexity index is 784. The van der Waals surface area contributed by atoms with Gasteiger partial charge in [-0.05, 0) is 36.4 Å². The molecule has 6 heteroatoms. The lowest BCUT2D eigenvalue weighted by atomic mass is 10.2. The largest absolute Gasteiger partial charge is 0.493 e. The number of ether oxygens (including phenoxy) is 2. The molecule has 0 aliphatic heterocycles. The number of nitrogens with one attached hydrogen (secondary N) is 2. The minimum Gasteiger partial charge on any atom is -0.493 e. The molecule has 2 N–H and O–H groups in total. The van der Waals surface area contributed by atoms with Crippen LogP contribution in [-0.2, 0) is 11.3 Å². The Morgan fingerprint density at radius 1 is 1.16 bits per heavy atom. The average Bonchev–Trinajstić information content (AvgIpc) is 2.61. The van der Waals surface area contributed by atoms with Gasteiger partial charge in [-0.3, -0.25) is 4.79 Å². The standard InChI is InChI=1S/C19H21N3O3/c1-22(12-15-7-8-17(24-2)18(10-15)25-3)13-19(23)21-16-6-4-5-14(9-16)11-20/h4-10H,12-13H2,1-3H3,(H,21,23)/p+1. The van der Waals surface area contributed by atoms with E-state index in [1.54, 1.807) is 38.5 Å². The zero-order chi connectivity index (χ0) is 18.2. The van der Waals surface area contributed by atoms with E-state index in [0.717, 1.165) is 10.5 Å². The predicted octanol–water partition coefficient (Wildman–Crippen LogP) is 1.23. The van der Waals surface area contributed by atoms with Crippen LogP contribution in [0.4, 0.5) is 5.69 Å². The van der Waals surface area contributed by atoms with E-state index in [4.69, 9.17) is 14.7 Å². The minimum absolute atomic E-state index is 0.104. The Labute approximate surface area is 147 Å². The second-order valence-electron chi connectivity index (χ2n) is 5.74. The fourth-order valence-corrected chi connectivity index (χ4v) is 2.55. The van der Waals surface area contributed by atoms with E-state index in [1.807, 2.05) is 25.2 Å². The third-order valence-electron chi connectivity index (χ3n) is 3.69. The van der Waals surface area contributed by atoms with Crippen LogP contribution in [0.5, 0.6) is 11.5 Å². The van der Waals surface area contributed by atoms with Gasteiger partial charge in [0, 0.05) is 11.3 Å². The fourth-order valence-electron chi connectivity index (χ4n) is 2.55. The Morgan fingerprint density at radius 2 is 1.92 bits per heavy atom. The van der Waals surface area contributed by atoms with Crippen LogP contribution in [0.2, 0.25) is 0 Å². The molecule has 0 aliphatic rings. The van der Waals surface area contributed by atoms with Crippen molar-refractivity contribution in [1.82, 2.24) is 0 Å². The van der Waals surface area contributed by atoms with Crippen molar-refractivity contribution < 1.29 is 19.2 Å². The first kappa shape index (κ1) is 18.3. The molecule has 0 aromatic heterocycles. The van der Waals surface area contributed by atoms with Crippen LogP contribution in [0, 0.1) is 11.3 Å². The van der Waals surface area contributed by atoms with Crippen molar-refractivity contribution >= 4 is 11.6 Å². The van der Waals surface area contributed by atoms with E-state index in [1.165, 1.54) is 0 Å². The lowest BCUT2D eigenvalue weighted by Gasteiger charge is -2.15. The van der Waals surface area contributed by atoms with Crippen LogP contribution < -0.4 is 19.7 Å². The molecule has 0 heterocycles. The molecular weight excluding hydrogens is 318 g/mol. The van der Waals surface area contributed by atoms with Crippen molar-refractivity contribution in [2.45, 2.75) is 6.54 Å². The number of rotatable bonds is 7. The van der Waals surface area contributed by atoms with Gasteiger partial charge in [-0.2, -0.15) is 5.26 Å². The quantitative estimate of drug-likeness (QED) is 0.795. The van der Waals surface area contributed by atoms with E-state index in [0.29, 0.717) is 35.8 Å². The van der Waals surface area contributed by atoms with Gasteiger partial charge in [-0.15, -0.1) is 0 Å². The maximum absolute atomic E-state index is 12.2. The number of nitriles is 1. The van der Waals surface area contributed by atoms with Crippen LogP contribution in [0.3, 0.4) is 0 Å². The number of carbonyl (C=O) groups is 1. The van der Waals surface area contributed by atoms with Gasteiger partial charge in [0.15, 0.2) is 18.0 Å². The van der Waals surface area contributed by atoms with Crippen molar-refractivity contribution in [2.75, 3.05) is 33.1 Å². The highest BCUT2D eigenvalue weighted by molar-refractivity contribution is 5.91. The fraction of sp³-hybridized carbons (Fsp3) is 0.263. The molecule has 0 aliphatic carbocycles. The van der Waals surface area contributed by atoms with Crippen LogP contribution in [-0.4, -0.2) is 33.7 Å². The topological polar surface area (TPSA) is 75.8 Å². The van der Waals surface area contributed by atoms with E-state index in [2.05, 4.69) is 11.4 Å². The Morgan fingerprint density at radius 3 is 2.60 bits per heavy atom. The summed E-state index contributed by atoms with van der Waals surface area (Å²) in [6, 6.07) is 14.6. The summed E-state index contributed by atoms with van der Waals surface area (Å²) < 4.78 is 10.5. The molecule has 25 heavy (non-hydrogen) atoms. The normalized spacial score (nSPS) is 11.3. The summed E-state index contributed by atoms with van der Waals surface area (Å²) in [4.78, 5) is 13.2. The third kappa shape index (κ3) is 5.23. The lowest BCUT2D eigenvalue weighted by Crippen LogP contribution is -3.08. The summed E-state index contributed by atoms with van der Waals surface area (Å²) in [5.74, 6) is 1.25. The molecule has 0 bridgehead atoms. The molecular formula is C19H22N3O3+. The van der Waals surface area contributed by atoms with Gasteiger partial charge in [0.05, 0.1) is 32.9 Å². The number of hydrogen-bond donors (Lipinski definition) is 2. The summed E-state index contributed by atoms with van der Waals surface area (Å²) in [5, 5.41) is 11.7. The summed E-state index contributed by atoms with van der Waals surface area (Å²) in [5.41, 5.74) is 2.20. The van der Waals surface area contributed by atoms with E-state index < -0.39 is 0 Å². The van der Waals surface area contributed by atoms with E-state index >= 15 is 0 Å². The van der Waals surface area contributed by atoms with Crippen LogP contribution in [0.1, 0.15) is 11.1 Å². The molecule has 1 unspecified atom stereocenters. The van der Waals surface area contributed by atoms with E-state index in [9.17, 15) is 4.79 Å². The first-order valence-corrected chi connectivity index (χ1v) is 7.88. The molecule has 2 aromatic carbocycles. The number of amides is 1. The highest BCUT2D eigenvalue weighted by Gasteiger charge is 2.13. The number of methoxy groups -OCH3 is 2. The van der Waals surface area contributed by atoms with Crippen molar-refractivity contribution in [2.24, 2.45) is 0 Å². The summed E-state index contributed by atoms with van der Waals surface area (Å²) in [6.07, 6.45) is 0. The molecule has 0 saturated carbocycles. The molecule has 0 saturated heterocycles. The van der Waals surface area contributed by atoms with Gasteiger partial charge < -0.3 is 19.7 Å². The second kappa shape index (κ2) is 8.71. The van der Waals surface area contributed by atoms with Crippen LogP contribution in [0.25, 0.3) is 0 Å². The number of nitrogens with zero attached hydrogens (tertiary/aromatic N) is 1. The molecule has 1 atom stereocenters. The Hall–Kier alpha value is -3.04.